The van der Waals surface area contributed by atoms with Gasteiger partial charge in [0, 0.05) is 50.9 Å². The molecule has 1 saturated heterocycles. The van der Waals surface area contributed by atoms with Gasteiger partial charge >= 0.3 is 6.03 Å². The van der Waals surface area contributed by atoms with Crippen molar-refractivity contribution in [2.24, 2.45) is 0 Å². The Balaban J connectivity index is 1.48. The molecule has 2 aromatic rings. The van der Waals surface area contributed by atoms with Crippen LogP contribution in [-0.2, 0) is 13.1 Å². The molecule has 0 atom stereocenters. The number of hydrogen-bond acceptors (Lipinski definition) is 3. The first-order valence-corrected chi connectivity index (χ1v) is 10.6. The average molecular weight is 409 g/mol. The van der Waals surface area contributed by atoms with Crippen LogP contribution < -0.4 is 10.6 Å². The normalized spacial score (nSPS) is 14.6. The Bertz CT molecular complexity index is 856. The van der Waals surface area contributed by atoms with E-state index in [0.717, 1.165) is 38.3 Å². The third-order valence-electron chi connectivity index (χ3n) is 5.39. The second-order valence-corrected chi connectivity index (χ2v) is 8.17. The lowest BCUT2D eigenvalue weighted by Crippen LogP contribution is -2.48. The van der Waals surface area contributed by atoms with E-state index < -0.39 is 0 Å². The van der Waals surface area contributed by atoms with Crippen molar-refractivity contribution in [3.8, 4) is 0 Å². The van der Waals surface area contributed by atoms with Crippen molar-refractivity contribution >= 4 is 11.9 Å². The van der Waals surface area contributed by atoms with E-state index in [2.05, 4.69) is 46.7 Å². The number of aryl methyl sites for hydroxylation is 1. The smallest absolute Gasteiger partial charge is 0.315 e. The Kier molecular flexibility index (Phi) is 7.46. The van der Waals surface area contributed by atoms with Crippen LogP contribution in [0.5, 0.6) is 0 Å². The topological polar surface area (TPSA) is 64.7 Å². The van der Waals surface area contributed by atoms with Gasteiger partial charge in [-0.15, -0.1) is 0 Å². The summed E-state index contributed by atoms with van der Waals surface area (Å²) in [7, 11) is 0. The quantitative estimate of drug-likeness (QED) is 0.772. The fourth-order valence-electron chi connectivity index (χ4n) is 3.58. The summed E-state index contributed by atoms with van der Waals surface area (Å²) in [5.74, 6) is 0.0719. The maximum absolute atomic E-state index is 12.8. The third kappa shape index (κ3) is 6.07. The molecule has 0 saturated carbocycles. The molecule has 1 heterocycles. The zero-order chi connectivity index (χ0) is 21.5. The van der Waals surface area contributed by atoms with E-state index in [9.17, 15) is 9.59 Å². The van der Waals surface area contributed by atoms with E-state index in [1.54, 1.807) is 0 Å². The van der Waals surface area contributed by atoms with Gasteiger partial charge in [-0.1, -0.05) is 36.4 Å². The number of rotatable bonds is 6. The van der Waals surface area contributed by atoms with Gasteiger partial charge in [0.05, 0.1) is 0 Å². The van der Waals surface area contributed by atoms with E-state index >= 15 is 0 Å². The van der Waals surface area contributed by atoms with Crippen molar-refractivity contribution in [2.45, 2.75) is 39.9 Å². The van der Waals surface area contributed by atoms with Crippen LogP contribution in [0.4, 0.5) is 4.79 Å². The molecule has 1 fully saturated rings. The van der Waals surface area contributed by atoms with Crippen molar-refractivity contribution < 1.29 is 9.59 Å². The van der Waals surface area contributed by atoms with Gasteiger partial charge in [0.15, 0.2) is 0 Å². The number of carbonyl (C=O) groups excluding carboxylic acids is 2. The van der Waals surface area contributed by atoms with Crippen LogP contribution in [0, 0.1) is 6.92 Å². The van der Waals surface area contributed by atoms with Crippen LogP contribution >= 0.6 is 0 Å². The first kappa shape index (κ1) is 21.8. The highest BCUT2D eigenvalue weighted by atomic mass is 16.2. The minimum absolute atomic E-state index is 0.0719. The van der Waals surface area contributed by atoms with Crippen LogP contribution in [0.2, 0.25) is 0 Å². The minimum atomic E-state index is -0.186. The maximum Gasteiger partial charge on any atom is 0.315 e. The van der Waals surface area contributed by atoms with Gasteiger partial charge in [0.1, 0.15) is 0 Å². The summed E-state index contributed by atoms with van der Waals surface area (Å²) in [6, 6.07) is 15.9. The third-order valence-corrected chi connectivity index (χ3v) is 5.39. The molecule has 30 heavy (non-hydrogen) atoms. The van der Waals surface area contributed by atoms with E-state index in [4.69, 9.17) is 0 Å². The Morgan fingerprint density at radius 2 is 1.63 bits per heavy atom. The SMILES string of the molecule is Cc1ccccc1CN1CCN(C(=O)c2ccc(CNC(=O)NC(C)C)cc2)CC1. The molecule has 3 rings (SSSR count). The Morgan fingerprint density at radius 1 is 0.967 bits per heavy atom. The standard InChI is InChI=1S/C24H32N4O2/c1-18(2)26-24(30)25-16-20-8-10-21(11-9-20)23(29)28-14-12-27(13-15-28)17-22-7-5-4-6-19(22)3/h4-11,18H,12-17H2,1-3H3,(H2,25,26,30). The summed E-state index contributed by atoms with van der Waals surface area (Å²) >= 11 is 0. The summed E-state index contributed by atoms with van der Waals surface area (Å²) in [6.45, 7) is 10.6. The average Bonchev–Trinajstić information content (AvgIpc) is 2.74. The van der Waals surface area contributed by atoms with Crippen LogP contribution in [0.15, 0.2) is 48.5 Å². The number of piperazine rings is 1. The van der Waals surface area contributed by atoms with Crippen LogP contribution in [0.3, 0.4) is 0 Å². The van der Waals surface area contributed by atoms with Crippen molar-refractivity contribution in [1.29, 1.82) is 0 Å². The second kappa shape index (κ2) is 10.3. The molecule has 1 aliphatic heterocycles. The molecule has 0 spiro atoms. The summed E-state index contributed by atoms with van der Waals surface area (Å²) < 4.78 is 0. The van der Waals surface area contributed by atoms with Gasteiger partial charge in [-0.3, -0.25) is 9.69 Å². The lowest BCUT2D eigenvalue weighted by molar-refractivity contribution is 0.0628. The molecule has 0 aromatic heterocycles. The molecule has 1 aliphatic rings. The monoisotopic (exact) mass is 408 g/mol. The van der Waals surface area contributed by atoms with E-state index in [-0.39, 0.29) is 18.0 Å². The summed E-state index contributed by atoms with van der Waals surface area (Å²) in [5, 5.41) is 5.61. The summed E-state index contributed by atoms with van der Waals surface area (Å²) in [4.78, 5) is 28.9. The highest BCUT2D eigenvalue weighted by Gasteiger charge is 2.22. The van der Waals surface area contributed by atoms with Gasteiger partial charge in [0.2, 0.25) is 0 Å². The van der Waals surface area contributed by atoms with Gasteiger partial charge in [-0.2, -0.15) is 0 Å². The molecule has 3 amide bonds. The van der Waals surface area contributed by atoms with Gasteiger partial charge < -0.3 is 15.5 Å². The predicted molar refractivity (Wildman–Crippen MR) is 119 cm³/mol. The molecule has 160 valence electrons. The molecule has 6 nitrogen and oxygen atoms in total. The summed E-state index contributed by atoms with van der Waals surface area (Å²) in [6.07, 6.45) is 0. The molecule has 2 N–H and O–H groups in total. The lowest BCUT2D eigenvalue weighted by Gasteiger charge is -2.35. The second-order valence-electron chi connectivity index (χ2n) is 8.17. The highest BCUT2D eigenvalue weighted by Crippen LogP contribution is 2.14. The number of amides is 3. The van der Waals surface area contributed by atoms with Crippen molar-refractivity contribution in [3.63, 3.8) is 0 Å². The predicted octanol–water partition coefficient (Wildman–Crippen LogP) is 3.16. The van der Waals surface area contributed by atoms with Gasteiger partial charge in [-0.05, 0) is 49.6 Å². The Labute approximate surface area is 179 Å². The number of nitrogens with one attached hydrogen (secondary N) is 2. The van der Waals surface area contributed by atoms with Crippen molar-refractivity contribution in [2.75, 3.05) is 26.2 Å². The highest BCUT2D eigenvalue weighted by molar-refractivity contribution is 5.94. The molecule has 0 bridgehead atoms. The first-order valence-electron chi connectivity index (χ1n) is 10.6. The number of hydrogen-bond donors (Lipinski definition) is 2. The van der Waals surface area contributed by atoms with Crippen molar-refractivity contribution in [3.05, 3.63) is 70.8 Å². The zero-order valence-electron chi connectivity index (χ0n) is 18.1. The molecular formula is C24H32N4O2. The van der Waals surface area contributed by atoms with E-state index in [1.165, 1.54) is 11.1 Å². The van der Waals surface area contributed by atoms with E-state index in [0.29, 0.717) is 12.1 Å². The number of nitrogens with zero attached hydrogens (tertiary/aromatic N) is 2. The van der Waals surface area contributed by atoms with Gasteiger partial charge in [-0.25, -0.2) is 4.79 Å². The molecule has 0 aliphatic carbocycles. The van der Waals surface area contributed by atoms with E-state index in [1.807, 2.05) is 43.0 Å². The molecule has 0 radical (unpaired) electrons. The van der Waals surface area contributed by atoms with Crippen LogP contribution in [0.25, 0.3) is 0 Å². The number of urea groups is 1. The number of benzene rings is 2. The fraction of sp³-hybridized carbons (Fsp3) is 0.417. The number of carbonyl (C=O) groups is 2. The van der Waals surface area contributed by atoms with Crippen molar-refractivity contribution in [1.82, 2.24) is 20.4 Å². The summed E-state index contributed by atoms with van der Waals surface area (Å²) in [5.41, 5.74) is 4.32. The van der Waals surface area contributed by atoms with Gasteiger partial charge in [0.25, 0.3) is 5.91 Å². The zero-order valence-corrected chi connectivity index (χ0v) is 18.1. The minimum Gasteiger partial charge on any atom is -0.336 e. The van der Waals surface area contributed by atoms with Crippen LogP contribution in [0.1, 0.15) is 40.9 Å². The first-order chi connectivity index (χ1) is 14.4. The Hall–Kier alpha value is -2.86. The largest absolute Gasteiger partial charge is 0.336 e. The maximum atomic E-state index is 12.8. The van der Waals surface area contributed by atoms with Crippen LogP contribution in [-0.4, -0.2) is 54.0 Å². The molecule has 2 aromatic carbocycles. The lowest BCUT2D eigenvalue weighted by atomic mass is 10.1. The molecule has 0 unspecified atom stereocenters. The molecule has 6 heteroatoms. The Morgan fingerprint density at radius 3 is 2.27 bits per heavy atom. The molecular weight excluding hydrogens is 376 g/mol. The fourth-order valence-corrected chi connectivity index (χ4v) is 3.58.